The average molecular weight is 1980 g/mol. The fourth-order valence-electron chi connectivity index (χ4n) is 13.5. The van der Waals surface area contributed by atoms with Gasteiger partial charge in [-0.05, 0) is 132 Å². The molecule has 0 spiro atoms. The first-order valence-corrected chi connectivity index (χ1v) is 45.6. The molecule has 4 saturated heterocycles. The molecule has 38 nitrogen and oxygen atoms in total. The number of nitriles is 2. The van der Waals surface area contributed by atoms with Crippen molar-refractivity contribution in [1.82, 2.24) is 79.0 Å². The molecule has 0 amide bonds. The number of carboxylic acids is 1. The molecule has 4 fully saturated rings. The van der Waals surface area contributed by atoms with Crippen LogP contribution in [0.3, 0.4) is 0 Å². The van der Waals surface area contributed by atoms with Crippen LogP contribution in [0.15, 0.2) is 201 Å². The van der Waals surface area contributed by atoms with E-state index < -0.39 is 28.0 Å². The maximum atomic E-state index is 12.3. The molecule has 0 aliphatic carbocycles. The topological polar surface area (TPSA) is 538 Å². The fraction of sp³-hybridized carbons (Fsp3) is 0.304. The van der Waals surface area contributed by atoms with Gasteiger partial charge in [-0.15, -0.1) is 0 Å². The van der Waals surface area contributed by atoms with Crippen molar-refractivity contribution in [3.8, 4) is 57.2 Å². The SMILES string of the molecule is COC(=O)c1ccc(-c2nc(Cl)ncc2Cl)cc1.COC(=O)c1ccc(-c2nc(Nc3cnn(C4CCOCC4)c3)ncc2Cl)cc1.C[C@@H](C#N)CC(=O)c1ccc(-c2nc(Nc3cnn(C4CCOCC4)c3)ncc2Cl)cc1.C[C@H](N)C#N.Cc1ccc(S(=O)(=O)O)cc1.Nc1cnn(C2CCOCC2)c1.O=C(O)c1ccc(-c2nc(Nc3cnn(C4CCOCC4)c3)ncc2Cl)cc1.[Li+].[OH-]. The number of ether oxygens (including phenoxy) is 6. The van der Waals surface area contributed by atoms with Gasteiger partial charge < -0.3 is 66.4 Å². The molecule has 4 aliphatic heterocycles. The van der Waals surface area contributed by atoms with Crippen LogP contribution in [0.1, 0.15) is 143 Å². The molecule has 8 aromatic heterocycles. The first-order chi connectivity index (χ1) is 65.0. The van der Waals surface area contributed by atoms with Crippen molar-refractivity contribution in [1.29, 1.82) is 10.5 Å². The van der Waals surface area contributed by atoms with Gasteiger partial charge in [0.05, 0.1) is 199 Å². The number of nitrogens with zero attached hydrogens (tertiary/aromatic N) is 18. The van der Waals surface area contributed by atoms with Gasteiger partial charge in [0.15, 0.2) is 5.78 Å². The molecule has 0 radical (unpaired) electrons. The van der Waals surface area contributed by atoms with Gasteiger partial charge in [0.1, 0.15) is 0 Å². The third kappa shape index (κ3) is 32.7. The Labute approximate surface area is 826 Å². The second-order valence-electron chi connectivity index (χ2n) is 30.6. The Morgan fingerprint density at radius 2 is 0.766 bits per heavy atom. The Bertz CT molecular complexity index is 6310. The minimum absolute atomic E-state index is 0. The zero-order valence-corrected chi connectivity index (χ0v) is 79.8. The van der Waals surface area contributed by atoms with E-state index in [1.54, 1.807) is 154 Å². The molecule has 13 aromatic rings. The molecule has 10 N–H and O–H groups in total. The number of Topliss-reactive ketones (excluding diaryl/α,β-unsaturated/α-hetero) is 1. The number of benzene rings is 5. The number of esters is 2. The molecular weight excluding hydrogens is 1880 g/mol. The van der Waals surface area contributed by atoms with E-state index in [-0.39, 0.29) is 64.2 Å². The first kappa shape index (κ1) is 108. The number of nitrogen functional groups attached to an aromatic ring is 1. The van der Waals surface area contributed by atoms with E-state index in [2.05, 4.69) is 87.0 Å². The van der Waals surface area contributed by atoms with Gasteiger partial charge in [-0.3, -0.25) is 28.1 Å². The van der Waals surface area contributed by atoms with Gasteiger partial charge in [0.25, 0.3) is 10.1 Å². The minimum Gasteiger partial charge on any atom is -0.870 e. The number of aryl methyl sites for hydroxylation is 1. The number of carboxylic acid groups (broad SMARTS) is 1. The van der Waals surface area contributed by atoms with Crippen LogP contribution in [-0.4, -0.2) is 199 Å². The predicted octanol–water partition coefficient (Wildman–Crippen LogP) is 14.5. The number of ketones is 1. The number of rotatable bonds is 21. The number of aromatic carboxylic acids is 1. The number of nitrogens with one attached hydrogen (secondary N) is 3. The summed E-state index contributed by atoms with van der Waals surface area (Å²) in [6, 6.07) is 38.1. The summed E-state index contributed by atoms with van der Waals surface area (Å²) in [5.41, 5.74) is 21.4. The first-order valence-electron chi connectivity index (χ1n) is 42.3. The third-order valence-electron chi connectivity index (χ3n) is 20.7. The average Bonchev–Trinajstić information content (AvgIpc) is 1.03. The molecule has 0 saturated carbocycles. The summed E-state index contributed by atoms with van der Waals surface area (Å²) in [5, 5.41) is 54.4. The van der Waals surface area contributed by atoms with Crippen LogP contribution in [0, 0.1) is 35.5 Å². The van der Waals surface area contributed by atoms with E-state index in [0.29, 0.717) is 107 Å². The van der Waals surface area contributed by atoms with Crippen LogP contribution < -0.4 is 46.3 Å². The van der Waals surface area contributed by atoms with Crippen molar-refractivity contribution in [3.05, 3.63) is 249 Å². The molecule has 45 heteroatoms. The van der Waals surface area contributed by atoms with Gasteiger partial charge in [-0.1, -0.05) is 125 Å². The van der Waals surface area contributed by atoms with Gasteiger partial charge in [0.2, 0.25) is 23.1 Å². The number of hydrogen-bond donors (Lipinski definition) is 7. The van der Waals surface area contributed by atoms with Crippen molar-refractivity contribution < 1.29 is 90.0 Å². The van der Waals surface area contributed by atoms with Crippen LogP contribution in [0.4, 0.5) is 40.6 Å². The largest absolute Gasteiger partial charge is 1.00 e. The number of anilines is 7. The summed E-state index contributed by atoms with van der Waals surface area (Å²) < 4.78 is 68.1. The molecule has 4 aliphatic rings. The number of carbonyl (C=O) groups excluding carboxylic acids is 3. The molecule has 12 heterocycles. The maximum Gasteiger partial charge on any atom is 1.00 e. The molecule has 5 aromatic carbocycles. The normalized spacial score (nSPS) is 14.1. The summed E-state index contributed by atoms with van der Waals surface area (Å²) in [5.74, 6) is -0.960. The molecule has 17 rings (SSSR count). The predicted molar refractivity (Wildman–Crippen MR) is 510 cm³/mol. The van der Waals surface area contributed by atoms with E-state index >= 15 is 0 Å². The number of carbonyl (C=O) groups is 4. The van der Waals surface area contributed by atoms with E-state index in [1.165, 1.54) is 50.9 Å². The van der Waals surface area contributed by atoms with Crippen LogP contribution in [0.2, 0.25) is 25.4 Å². The zero-order chi connectivity index (χ0) is 96.5. The van der Waals surface area contributed by atoms with Crippen molar-refractivity contribution in [3.63, 3.8) is 0 Å². The van der Waals surface area contributed by atoms with Crippen molar-refractivity contribution in [2.24, 2.45) is 11.7 Å². The molecule has 137 heavy (non-hydrogen) atoms. The van der Waals surface area contributed by atoms with Gasteiger partial charge in [-0.2, -0.15) is 39.3 Å². The quantitative estimate of drug-likeness (QED) is 0.0115. The summed E-state index contributed by atoms with van der Waals surface area (Å²) in [7, 11) is -1.34. The molecule has 712 valence electrons. The maximum absolute atomic E-state index is 12.3. The smallest absolute Gasteiger partial charge is 0.870 e. The minimum atomic E-state index is -4.02. The van der Waals surface area contributed by atoms with Crippen LogP contribution in [0.25, 0.3) is 45.0 Å². The molecule has 2 atom stereocenters. The van der Waals surface area contributed by atoms with Gasteiger partial charge in [-0.25, -0.2) is 54.3 Å². The summed E-state index contributed by atoms with van der Waals surface area (Å²) in [4.78, 5) is 80.2. The Morgan fingerprint density at radius 1 is 0.467 bits per heavy atom. The summed E-state index contributed by atoms with van der Waals surface area (Å²) in [6.07, 6.45) is 28.6. The second kappa shape index (κ2) is 53.7. The number of nitrogens with two attached hydrogens (primary N) is 2. The van der Waals surface area contributed by atoms with E-state index in [4.69, 9.17) is 113 Å². The van der Waals surface area contributed by atoms with Gasteiger partial charge >= 0.3 is 36.8 Å². The summed E-state index contributed by atoms with van der Waals surface area (Å²) >= 11 is 30.6. The van der Waals surface area contributed by atoms with E-state index in [1.807, 2.05) is 50.4 Å². The van der Waals surface area contributed by atoms with E-state index in [0.717, 1.165) is 149 Å². The standard InChI is InChI=1S/C23H23ClN6O2.C20H20ClN5O3.C19H18ClN5O3.C12H8Cl2N2O2.C8H13N3O.C7H8O3S.C3H6N2.Li.H2O/c1-15(11-25)10-21(31)16-2-4-17(5-3-16)22-20(24)13-26-23(29-22)28-18-12-27-30(14-18)19-6-8-32-9-7-19;1-28-19(27)14-4-2-13(3-5-14)18-17(21)11-22-20(25-18)24-15-10-23-26(12-15)16-6-8-29-9-7-16;20-16-10-21-19(24-17(16)12-1-3-13(4-2-12)18(26)27)23-14-9-22-25(11-14)15-5-7-28-8-6-15;1-18-11(17)8-4-2-7(3-5-8)10-9(13)6-15-12(14)16-10;9-7-5-10-11(6-7)8-1-3-12-4-2-8;1-6-2-4-7(5-3-6)11(8,9)10;1-3(5)2-4;;/h2-5,12-15,19H,6-10H2,1H3,(H,26,28,29);2-5,10-12,16H,6-9H2,1H3,(H,22,24,25);1-4,9-11,15H,5-8H2,(H,26,27)(H,21,23,24);2-6H,1H3;5-6,8H,1-4,9H2;2-5H,1H3,(H,8,9,10);3H,5H2,1H3;;1H2/q;;;;;;;+1;/p-1/t15-;;;;;;3-;;/m1.....0../s1. The van der Waals surface area contributed by atoms with Crippen molar-refractivity contribution in [2.75, 3.05) is 88.8 Å². The monoisotopic (exact) mass is 1980 g/mol. The van der Waals surface area contributed by atoms with Gasteiger partial charge in [0, 0.05) is 112 Å². The molecular formula is C92H97Cl5LiN23O15S. The van der Waals surface area contributed by atoms with Crippen LogP contribution in [-0.2, 0) is 38.5 Å². The summed E-state index contributed by atoms with van der Waals surface area (Å²) in [6.45, 7) is 11.4. The van der Waals surface area contributed by atoms with Crippen LogP contribution in [0.5, 0.6) is 0 Å². The Morgan fingerprint density at radius 3 is 1.06 bits per heavy atom. The number of halogens is 5. The van der Waals surface area contributed by atoms with E-state index in [9.17, 15) is 27.6 Å². The number of hydrogen-bond acceptors (Lipinski definition) is 32. The molecule has 0 bridgehead atoms. The third-order valence-corrected chi connectivity index (χ3v) is 22.8. The fourth-order valence-corrected chi connectivity index (χ4v) is 14.9. The Hall–Kier alpha value is -12.8. The van der Waals surface area contributed by atoms with Crippen molar-refractivity contribution >= 4 is 132 Å². The van der Waals surface area contributed by atoms with Crippen molar-refractivity contribution in [2.45, 2.75) is 114 Å². The van der Waals surface area contributed by atoms with Crippen LogP contribution >= 0.6 is 58.0 Å². The Kier molecular flexibility index (Phi) is 42.3. The Balaban J connectivity index is 0.000000188. The molecule has 0 unspecified atom stereocenters. The number of methoxy groups -OCH3 is 2. The zero-order valence-electron chi connectivity index (χ0n) is 75.2. The second-order valence-corrected chi connectivity index (χ2v) is 34.0. The number of aromatic nitrogens is 16.